The monoisotopic (exact) mass is 1370 g/mol. The zero-order valence-corrected chi connectivity index (χ0v) is 65.0. The third-order valence-corrected chi connectivity index (χ3v) is 19.4. The van der Waals surface area contributed by atoms with Crippen LogP contribution < -0.4 is 39.1 Å². The smallest absolute Gasteiger partial charge is 0.232 e. The normalized spacial score (nSPS) is 11.4. The van der Waals surface area contributed by atoms with Crippen molar-refractivity contribution in [1.29, 1.82) is 0 Å². The molecule has 4 aromatic rings. The van der Waals surface area contributed by atoms with Crippen LogP contribution in [0, 0.1) is 6.92 Å². The van der Waals surface area contributed by atoms with E-state index in [0.29, 0.717) is 91.9 Å². The standard InChI is InChI=1S/C88H150N5O6/c1-8-14-20-26-32-38-44-50-56-66-94-80-72-78(73-81(95-67-57-51-45-39-33-27-21-15-9-2)84(80)98-70-60-54-48-42-36-30-24-18-12-5)89-87-91-86(77-64-62-76(7)63-65-77)92-88(93-87)90-79-74-82(96-68-58-52-46-40-34-28-22-16-10-3)85(99-71-61-55-49-43-37-31-25-19-13-6)83(75-79)97-69-59-53-47-41-35-29-23-17-11-4/h62-65,72-75H,7-61,66-71H2,1-6H3,(H2,89,90,91,92,93). The molecule has 563 valence electrons. The Balaban J connectivity index is 1.73. The molecule has 99 heavy (non-hydrogen) atoms. The lowest BCUT2D eigenvalue weighted by molar-refractivity contribution is 0.234. The average Bonchev–Trinajstić information content (AvgIpc) is 0.816. The summed E-state index contributed by atoms with van der Waals surface area (Å²) in [6, 6.07) is 16.3. The van der Waals surface area contributed by atoms with Gasteiger partial charge in [0.15, 0.2) is 28.8 Å². The Morgan fingerprint density at radius 2 is 0.455 bits per heavy atom. The second kappa shape index (κ2) is 61.7. The lowest BCUT2D eigenvalue weighted by Crippen LogP contribution is -2.09. The van der Waals surface area contributed by atoms with Crippen LogP contribution in [0.4, 0.5) is 23.3 Å². The van der Waals surface area contributed by atoms with E-state index in [4.69, 9.17) is 43.4 Å². The van der Waals surface area contributed by atoms with Gasteiger partial charge in [-0.3, -0.25) is 0 Å². The number of aromatic nitrogens is 3. The maximum atomic E-state index is 6.84. The number of nitrogens with zero attached hydrogens (tertiary/aromatic N) is 3. The molecule has 11 heteroatoms. The predicted molar refractivity (Wildman–Crippen MR) is 426 cm³/mol. The van der Waals surface area contributed by atoms with Gasteiger partial charge in [0.25, 0.3) is 0 Å². The highest BCUT2D eigenvalue weighted by atomic mass is 16.5. The molecule has 0 saturated heterocycles. The van der Waals surface area contributed by atoms with Crippen molar-refractivity contribution >= 4 is 23.3 Å². The zero-order chi connectivity index (χ0) is 70.4. The maximum absolute atomic E-state index is 6.84. The van der Waals surface area contributed by atoms with E-state index in [9.17, 15) is 0 Å². The van der Waals surface area contributed by atoms with Crippen molar-refractivity contribution in [2.45, 2.75) is 388 Å². The van der Waals surface area contributed by atoms with Crippen LogP contribution in [0.25, 0.3) is 11.4 Å². The Hall–Kier alpha value is -4.93. The summed E-state index contributed by atoms with van der Waals surface area (Å²) in [4.78, 5) is 15.5. The van der Waals surface area contributed by atoms with E-state index in [-0.39, 0.29) is 0 Å². The van der Waals surface area contributed by atoms with Crippen LogP contribution >= 0.6 is 0 Å². The highest BCUT2D eigenvalue weighted by molar-refractivity contribution is 5.70. The number of rotatable bonds is 71. The van der Waals surface area contributed by atoms with Crippen molar-refractivity contribution in [3.05, 3.63) is 61.0 Å². The van der Waals surface area contributed by atoms with Crippen LogP contribution in [0.3, 0.4) is 0 Å². The van der Waals surface area contributed by atoms with Crippen LogP contribution in [-0.4, -0.2) is 54.6 Å². The Morgan fingerprint density at radius 1 is 0.253 bits per heavy atom. The van der Waals surface area contributed by atoms with Gasteiger partial charge in [-0.1, -0.05) is 374 Å². The van der Waals surface area contributed by atoms with Gasteiger partial charge in [-0.2, -0.15) is 15.0 Å². The van der Waals surface area contributed by atoms with Gasteiger partial charge in [0, 0.05) is 41.2 Å². The SMILES string of the molecule is [CH2]c1ccc(-c2nc(Nc3cc(OCCCCCCCCCCC)c(OCCCCCCCCCCC)c(OCCCCCCCCCCC)c3)nc(Nc3cc(OCCCCCCCCCCC)c(OCCCCCCCCCCC)c(OCCCCCCCCCCC)c3)n2)cc1. The number of ether oxygens (including phenoxy) is 6. The van der Waals surface area contributed by atoms with Crippen molar-refractivity contribution in [2.75, 3.05) is 50.3 Å². The summed E-state index contributed by atoms with van der Waals surface area (Å²) in [5, 5.41) is 7.31. The molecule has 0 saturated carbocycles. The zero-order valence-electron chi connectivity index (χ0n) is 65.0. The highest BCUT2D eigenvalue weighted by Gasteiger charge is 2.21. The van der Waals surface area contributed by atoms with Crippen LogP contribution in [0.1, 0.15) is 394 Å². The molecule has 1 radical (unpaired) electrons. The number of anilines is 4. The molecule has 0 bridgehead atoms. The molecule has 0 aliphatic rings. The molecule has 3 aromatic carbocycles. The fourth-order valence-corrected chi connectivity index (χ4v) is 13.1. The molecule has 0 aliphatic carbocycles. The summed E-state index contributed by atoms with van der Waals surface area (Å²) in [5.41, 5.74) is 3.26. The minimum Gasteiger partial charge on any atom is -0.489 e. The summed E-state index contributed by atoms with van der Waals surface area (Å²) >= 11 is 0. The van der Waals surface area contributed by atoms with E-state index < -0.39 is 0 Å². The van der Waals surface area contributed by atoms with Gasteiger partial charge < -0.3 is 39.1 Å². The number of nitrogens with one attached hydrogen (secondary N) is 2. The van der Waals surface area contributed by atoms with E-state index in [1.54, 1.807) is 0 Å². The molecular formula is C88H150N5O6. The molecule has 0 spiro atoms. The molecule has 0 fully saturated rings. The van der Waals surface area contributed by atoms with Gasteiger partial charge in [0.2, 0.25) is 23.4 Å². The first-order valence-corrected chi connectivity index (χ1v) is 42.3. The van der Waals surface area contributed by atoms with Crippen LogP contribution in [0.2, 0.25) is 0 Å². The summed E-state index contributed by atoms with van der Waals surface area (Å²) in [7, 11) is 0. The molecule has 4 rings (SSSR count). The largest absolute Gasteiger partial charge is 0.489 e. The molecule has 0 atom stereocenters. The van der Waals surface area contributed by atoms with Crippen molar-refractivity contribution < 1.29 is 28.4 Å². The predicted octanol–water partition coefficient (Wildman–Crippen LogP) is 28.7. The fraction of sp³-hybridized carbons (Fsp3) is 0.750. The molecule has 0 amide bonds. The van der Waals surface area contributed by atoms with Crippen molar-refractivity contribution in [2.24, 2.45) is 0 Å². The maximum Gasteiger partial charge on any atom is 0.232 e. The van der Waals surface area contributed by atoms with Gasteiger partial charge in [-0.15, -0.1) is 0 Å². The van der Waals surface area contributed by atoms with Crippen molar-refractivity contribution in [3.8, 4) is 45.9 Å². The molecule has 0 unspecified atom stereocenters. The second-order valence-corrected chi connectivity index (χ2v) is 28.9. The van der Waals surface area contributed by atoms with E-state index in [1.165, 1.54) is 270 Å². The van der Waals surface area contributed by atoms with Crippen LogP contribution in [0.15, 0.2) is 48.5 Å². The number of hydrogen-bond donors (Lipinski definition) is 2. The third kappa shape index (κ3) is 43.6. The highest BCUT2D eigenvalue weighted by Crippen LogP contribution is 2.44. The van der Waals surface area contributed by atoms with Gasteiger partial charge in [-0.25, -0.2) is 0 Å². The lowest BCUT2D eigenvalue weighted by atomic mass is 10.1. The summed E-state index contributed by atoms with van der Waals surface area (Å²) < 4.78 is 41.0. The molecule has 0 aliphatic heterocycles. The van der Waals surface area contributed by atoms with Crippen molar-refractivity contribution in [3.63, 3.8) is 0 Å². The summed E-state index contributed by atoms with van der Waals surface area (Å²) in [6.45, 7) is 21.5. The van der Waals surface area contributed by atoms with Gasteiger partial charge >= 0.3 is 0 Å². The number of hydrogen-bond acceptors (Lipinski definition) is 11. The van der Waals surface area contributed by atoms with Gasteiger partial charge in [0.05, 0.1) is 39.6 Å². The van der Waals surface area contributed by atoms with Gasteiger partial charge in [0.1, 0.15) is 0 Å². The van der Waals surface area contributed by atoms with E-state index in [1.807, 2.05) is 24.3 Å². The number of unbranched alkanes of at least 4 members (excludes halogenated alkanes) is 48. The molecule has 2 N–H and O–H groups in total. The molecule has 1 aromatic heterocycles. The Bertz CT molecular complexity index is 2260. The third-order valence-electron chi connectivity index (χ3n) is 19.4. The van der Waals surface area contributed by atoms with Crippen LogP contribution in [-0.2, 0) is 0 Å². The Kier molecular flexibility index (Phi) is 53.9. The second-order valence-electron chi connectivity index (χ2n) is 28.9. The summed E-state index contributed by atoms with van der Waals surface area (Å²) in [6.07, 6.45) is 67.4. The first-order chi connectivity index (χ1) is 48.9. The first-order valence-electron chi connectivity index (χ1n) is 42.3. The topological polar surface area (TPSA) is 118 Å². The summed E-state index contributed by atoms with van der Waals surface area (Å²) in [5.74, 6) is 5.37. The average molecular weight is 1370 g/mol. The van der Waals surface area contributed by atoms with E-state index in [2.05, 4.69) is 83.4 Å². The molecular weight excluding hydrogens is 1220 g/mol. The van der Waals surface area contributed by atoms with E-state index >= 15 is 0 Å². The fourth-order valence-electron chi connectivity index (χ4n) is 13.1. The first kappa shape index (κ1) is 86.5. The molecule has 11 nitrogen and oxygen atoms in total. The molecule has 1 heterocycles. The number of benzene rings is 3. The lowest BCUT2D eigenvalue weighted by Gasteiger charge is -2.20. The van der Waals surface area contributed by atoms with Crippen LogP contribution in [0.5, 0.6) is 34.5 Å². The Morgan fingerprint density at radius 3 is 0.677 bits per heavy atom. The Labute approximate surface area is 608 Å². The quantitative estimate of drug-likeness (QED) is 0.0412. The minimum atomic E-state index is 0.379. The van der Waals surface area contributed by atoms with Gasteiger partial charge in [-0.05, 0) is 51.0 Å². The van der Waals surface area contributed by atoms with Crippen molar-refractivity contribution in [1.82, 2.24) is 15.0 Å². The minimum absolute atomic E-state index is 0.379. The van der Waals surface area contributed by atoms with E-state index in [0.717, 1.165) is 99.6 Å².